The number of pyridine rings is 1. The van der Waals surface area contributed by atoms with Crippen LogP contribution in [0.2, 0.25) is 0 Å². The molecular formula is C28H25FN2O3S. The van der Waals surface area contributed by atoms with E-state index in [1.165, 1.54) is 12.1 Å². The highest BCUT2D eigenvalue weighted by atomic mass is 32.2. The molecule has 1 aliphatic carbocycles. The predicted molar refractivity (Wildman–Crippen MR) is 134 cm³/mol. The van der Waals surface area contributed by atoms with Crippen LogP contribution in [-0.2, 0) is 21.1 Å². The third-order valence-corrected chi connectivity index (χ3v) is 7.50. The fraction of sp³-hybridized carbons (Fsp3) is 0.214. The van der Waals surface area contributed by atoms with Crippen LogP contribution in [-0.4, -0.2) is 25.6 Å². The van der Waals surface area contributed by atoms with E-state index in [9.17, 15) is 17.6 Å². The molecule has 1 fully saturated rings. The maximum atomic E-state index is 13.9. The molecule has 5 nitrogen and oxygen atoms in total. The first-order chi connectivity index (χ1) is 16.8. The largest absolute Gasteiger partial charge is 0.349 e. The van der Waals surface area contributed by atoms with E-state index in [-0.39, 0.29) is 35.0 Å². The van der Waals surface area contributed by atoms with Gasteiger partial charge in [-0.15, -0.1) is 0 Å². The molecule has 1 aromatic heterocycles. The molecule has 1 unspecified atom stereocenters. The highest BCUT2D eigenvalue weighted by Gasteiger charge is 2.34. The minimum absolute atomic E-state index is 0.0614. The van der Waals surface area contributed by atoms with Gasteiger partial charge in [0.05, 0.1) is 28.6 Å². The lowest BCUT2D eigenvalue weighted by atomic mass is 9.99. The van der Waals surface area contributed by atoms with Crippen LogP contribution in [0, 0.1) is 11.7 Å². The summed E-state index contributed by atoms with van der Waals surface area (Å²) in [6.07, 6.45) is 2.91. The molecule has 0 radical (unpaired) electrons. The second kappa shape index (κ2) is 9.23. The van der Waals surface area contributed by atoms with Crippen molar-refractivity contribution in [2.45, 2.75) is 30.2 Å². The first-order valence-corrected chi connectivity index (χ1v) is 13.4. The van der Waals surface area contributed by atoms with Crippen LogP contribution in [0.5, 0.6) is 0 Å². The van der Waals surface area contributed by atoms with Crippen LogP contribution in [0.3, 0.4) is 0 Å². The Morgan fingerprint density at radius 2 is 1.74 bits per heavy atom. The second-order valence-corrected chi connectivity index (χ2v) is 11.0. The lowest BCUT2D eigenvalue weighted by Crippen LogP contribution is -2.31. The van der Waals surface area contributed by atoms with Crippen molar-refractivity contribution in [2.24, 2.45) is 5.92 Å². The summed E-state index contributed by atoms with van der Waals surface area (Å²) in [7, 11) is -3.73. The van der Waals surface area contributed by atoms with Crippen LogP contribution in [0.4, 0.5) is 4.39 Å². The summed E-state index contributed by atoms with van der Waals surface area (Å²) in [5.41, 5.74) is 2.75. The van der Waals surface area contributed by atoms with Crippen molar-refractivity contribution in [3.63, 3.8) is 0 Å². The molecule has 1 saturated carbocycles. The summed E-state index contributed by atoms with van der Waals surface area (Å²) >= 11 is 0. The number of amides is 1. The van der Waals surface area contributed by atoms with Gasteiger partial charge in [0.2, 0.25) is 5.91 Å². The van der Waals surface area contributed by atoms with Crippen molar-refractivity contribution in [2.75, 3.05) is 6.26 Å². The Hall–Kier alpha value is -3.58. The Morgan fingerprint density at radius 3 is 2.43 bits per heavy atom. The maximum Gasteiger partial charge on any atom is 0.224 e. The van der Waals surface area contributed by atoms with E-state index in [0.29, 0.717) is 33.3 Å². The Bertz CT molecular complexity index is 1520. The molecule has 1 N–H and O–H groups in total. The number of halogens is 1. The molecule has 0 spiro atoms. The molecule has 5 rings (SSSR count). The first-order valence-electron chi connectivity index (χ1n) is 11.5. The van der Waals surface area contributed by atoms with Crippen molar-refractivity contribution in [1.82, 2.24) is 10.3 Å². The Morgan fingerprint density at radius 1 is 1.03 bits per heavy atom. The fourth-order valence-electron chi connectivity index (χ4n) is 4.62. The molecule has 0 aliphatic heterocycles. The van der Waals surface area contributed by atoms with Gasteiger partial charge >= 0.3 is 0 Å². The van der Waals surface area contributed by atoms with E-state index in [0.717, 1.165) is 19.1 Å². The number of hydrogen-bond donors (Lipinski definition) is 1. The van der Waals surface area contributed by atoms with Crippen molar-refractivity contribution < 1.29 is 17.6 Å². The van der Waals surface area contributed by atoms with Crippen LogP contribution >= 0.6 is 0 Å². The van der Waals surface area contributed by atoms with Crippen molar-refractivity contribution in [3.05, 3.63) is 95.8 Å². The Kier molecular flexibility index (Phi) is 6.11. The topological polar surface area (TPSA) is 76.1 Å². The number of carbonyl (C=O) groups is 1. The van der Waals surface area contributed by atoms with Crippen LogP contribution in [0.1, 0.15) is 30.0 Å². The zero-order valence-electron chi connectivity index (χ0n) is 19.2. The van der Waals surface area contributed by atoms with Gasteiger partial charge in [0.25, 0.3) is 0 Å². The Labute approximate surface area is 203 Å². The first kappa shape index (κ1) is 23.2. The number of carbonyl (C=O) groups excluding carboxylic acids is 1. The molecule has 1 heterocycles. The minimum Gasteiger partial charge on any atom is -0.349 e. The van der Waals surface area contributed by atoms with Gasteiger partial charge in [0, 0.05) is 17.2 Å². The molecule has 1 amide bonds. The number of nitrogens with one attached hydrogen (secondary N) is 1. The molecule has 1 aliphatic rings. The summed E-state index contributed by atoms with van der Waals surface area (Å²) in [6, 6.07) is 22.3. The minimum atomic E-state index is -3.73. The van der Waals surface area contributed by atoms with E-state index < -0.39 is 9.84 Å². The number of aromatic nitrogens is 1. The summed E-state index contributed by atoms with van der Waals surface area (Å²) in [6.45, 7) is 0. The van der Waals surface area contributed by atoms with E-state index in [1.807, 2.05) is 48.5 Å². The SMILES string of the molecule is CS(=O)(=O)c1c(-c2ccccc2)nc2ccccc2c1CC(=O)NC(c1cccc(F)c1)C1CC1. The highest BCUT2D eigenvalue weighted by molar-refractivity contribution is 7.91. The number of nitrogens with zero attached hydrogens (tertiary/aromatic N) is 1. The number of fused-ring (bicyclic) bond motifs is 1. The molecule has 35 heavy (non-hydrogen) atoms. The smallest absolute Gasteiger partial charge is 0.224 e. The Balaban J connectivity index is 1.59. The fourth-order valence-corrected chi connectivity index (χ4v) is 5.76. The van der Waals surface area contributed by atoms with Gasteiger partial charge < -0.3 is 5.32 Å². The maximum absolute atomic E-state index is 13.9. The number of hydrogen-bond acceptors (Lipinski definition) is 4. The summed E-state index contributed by atoms with van der Waals surface area (Å²) in [5.74, 6) is -0.426. The molecule has 0 bridgehead atoms. The van der Waals surface area contributed by atoms with E-state index in [1.54, 1.807) is 18.2 Å². The third kappa shape index (κ3) is 4.95. The van der Waals surface area contributed by atoms with E-state index in [4.69, 9.17) is 0 Å². The average molecular weight is 489 g/mol. The third-order valence-electron chi connectivity index (χ3n) is 6.32. The van der Waals surface area contributed by atoms with Crippen LogP contribution in [0.25, 0.3) is 22.2 Å². The van der Waals surface area contributed by atoms with E-state index >= 15 is 0 Å². The van der Waals surface area contributed by atoms with Gasteiger partial charge in [-0.1, -0.05) is 60.7 Å². The second-order valence-electron chi connectivity index (χ2n) is 9.04. The van der Waals surface area contributed by atoms with Gasteiger partial charge in [-0.25, -0.2) is 17.8 Å². The van der Waals surface area contributed by atoms with Gasteiger partial charge in [-0.05, 0) is 48.1 Å². The lowest BCUT2D eigenvalue weighted by Gasteiger charge is -2.21. The highest BCUT2D eigenvalue weighted by Crippen LogP contribution is 2.41. The van der Waals surface area contributed by atoms with Crippen LogP contribution < -0.4 is 5.32 Å². The molecule has 3 aromatic carbocycles. The number of rotatable bonds is 7. The normalized spacial score (nSPS) is 14.6. The summed E-state index contributed by atoms with van der Waals surface area (Å²) < 4.78 is 40.0. The number of benzene rings is 3. The lowest BCUT2D eigenvalue weighted by molar-refractivity contribution is -0.121. The molecule has 4 aromatic rings. The quantitative estimate of drug-likeness (QED) is 0.385. The summed E-state index contributed by atoms with van der Waals surface area (Å²) in [4.78, 5) is 18.1. The zero-order valence-corrected chi connectivity index (χ0v) is 20.1. The van der Waals surface area contributed by atoms with Crippen molar-refractivity contribution in [1.29, 1.82) is 0 Å². The number of para-hydroxylation sites is 1. The van der Waals surface area contributed by atoms with Gasteiger partial charge in [0.15, 0.2) is 9.84 Å². The summed E-state index contributed by atoms with van der Waals surface area (Å²) in [5, 5.41) is 3.67. The van der Waals surface area contributed by atoms with Crippen molar-refractivity contribution >= 4 is 26.6 Å². The molecule has 7 heteroatoms. The van der Waals surface area contributed by atoms with Gasteiger partial charge in [-0.2, -0.15) is 0 Å². The van der Waals surface area contributed by atoms with Crippen LogP contribution in [0.15, 0.2) is 83.8 Å². The van der Waals surface area contributed by atoms with Gasteiger partial charge in [-0.3, -0.25) is 4.79 Å². The van der Waals surface area contributed by atoms with Crippen molar-refractivity contribution in [3.8, 4) is 11.3 Å². The number of sulfone groups is 1. The molecule has 178 valence electrons. The molecule has 1 atom stereocenters. The zero-order chi connectivity index (χ0) is 24.6. The average Bonchev–Trinajstić information content (AvgIpc) is 3.67. The molecule has 0 saturated heterocycles. The van der Waals surface area contributed by atoms with E-state index in [2.05, 4.69) is 10.3 Å². The standard InChI is InChI=1S/C28H25FN2O3S/c1-35(33,34)28-23(17-25(32)31-26(19-14-15-19)20-10-7-11-21(29)16-20)22-12-5-6-13-24(22)30-27(28)18-8-3-2-4-9-18/h2-13,16,19,26H,14-15,17H2,1H3,(H,31,32). The molecular weight excluding hydrogens is 463 g/mol. The predicted octanol–water partition coefficient (Wildman–Crippen LogP) is 5.25. The van der Waals surface area contributed by atoms with Gasteiger partial charge in [0.1, 0.15) is 5.82 Å². The monoisotopic (exact) mass is 488 g/mol.